The van der Waals surface area contributed by atoms with Crippen molar-refractivity contribution in [3.05, 3.63) is 52.8 Å². The fourth-order valence-corrected chi connectivity index (χ4v) is 6.03. The molecule has 9 heteroatoms. The lowest BCUT2D eigenvalue weighted by Gasteiger charge is -2.19. The Morgan fingerprint density at radius 2 is 1.85 bits per heavy atom. The predicted molar refractivity (Wildman–Crippen MR) is 119 cm³/mol. The quantitative estimate of drug-likeness (QED) is 0.474. The molecule has 5 nitrogen and oxygen atoms in total. The van der Waals surface area contributed by atoms with Gasteiger partial charge >= 0.3 is 6.18 Å². The fraction of sp³-hybridized carbons (Fsp3) is 0.333. The lowest BCUT2D eigenvalue weighted by molar-refractivity contribution is -0.144. The Morgan fingerprint density at radius 1 is 1.18 bits per heavy atom. The summed E-state index contributed by atoms with van der Waals surface area (Å²) >= 11 is 1.32. The molecule has 5 rings (SSSR count). The molecule has 1 aliphatic heterocycles. The van der Waals surface area contributed by atoms with E-state index >= 15 is 0 Å². The van der Waals surface area contributed by atoms with Crippen LogP contribution in [0.2, 0.25) is 0 Å². The fourth-order valence-electron chi connectivity index (χ4n) is 4.90. The highest BCUT2D eigenvalue weighted by molar-refractivity contribution is 7.19. The number of rotatable bonds is 4. The van der Waals surface area contributed by atoms with E-state index in [4.69, 9.17) is 0 Å². The second kappa shape index (κ2) is 6.96. The SMILES string of the molecule is C=Cc1c(-c2ccnc3cc(CN4C(=O)C5C(C4=O)C5(C)C)sc23)cc(C(F)(F)F)nc1C. The zero-order valence-electron chi connectivity index (χ0n) is 18.2. The number of carbonyl (C=O) groups is 2. The van der Waals surface area contributed by atoms with E-state index in [2.05, 4.69) is 16.5 Å². The van der Waals surface area contributed by atoms with E-state index in [1.165, 1.54) is 35.4 Å². The van der Waals surface area contributed by atoms with Gasteiger partial charge in [0.05, 0.1) is 28.6 Å². The Morgan fingerprint density at radius 3 is 2.45 bits per heavy atom. The zero-order valence-corrected chi connectivity index (χ0v) is 19.0. The summed E-state index contributed by atoms with van der Waals surface area (Å²) in [5.41, 5.74) is 1.01. The molecular formula is C24H20F3N3O2S. The summed E-state index contributed by atoms with van der Waals surface area (Å²) in [7, 11) is 0. The molecule has 0 N–H and O–H groups in total. The van der Waals surface area contributed by atoms with Crippen molar-refractivity contribution in [3.63, 3.8) is 0 Å². The lowest BCUT2D eigenvalue weighted by atomic mass is 9.98. The zero-order chi connectivity index (χ0) is 23.9. The molecule has 0 aromatic carbocycles. The van der Waals surface area contributed by atoms with Gasteiger partial charge in [-0.3, -0.25) is 19.5 Å². The molecule has 3 aromatic heterocycles. The smallest absolute Gasteiger partial charge is 0.277 e. The van der Waals surface area contributed by atoms with Gasteiger partial charge in [-0.2, -0.15) is 13.2 Å². The first kappa shape index (κ1) is 21.8. The van der Waals surface area contributed by atoms with Crippen molar-refractivity contribution in [1.29, 1.82) is 0 Å². The van der Waals surface area contributed by atoms with Gasteiger partial charge in [-0.1, -0.05) is 26.5 Å². The highest BCUT2D eigenvalue weighted by atomic mass is 32.1. The second-order valence-corrected chi connectivity index (χ2v) is 10.2. The Labute approximate surface area is 192 Å². The summed E-state index contributed by atoms with van der Waals surface area (Å²) < 4.78 is 41.0. The van der Waals surface area contributed by atoms with E-state index in [1.54, 1.807) is 12.1 Å². The van der Waals surface area contributed by atoms with Crippen molar-refractivity contribution in [2.24, 2.45) is 17.3 Å². The van der Waals surface area contributed by atoms with Crippen molar-refractivity contribution >= 4 is 39.4 Å². The van der Waals surface area contributed by atoms with Crippen LogP contribution in [0.3, 0.4) is 0 Å². The topological polar surface area (TPSA) is 63.2 Å². The number of thiophene rings is 1. The van der Waals surface area contributed by atoms with E-state index < -0.39 is 11.9 Å². The normalized spacial score (nSPS) is 21.6. The number of carbonyl (C=O) groups excluding carboxylic acids is 2. The first-order chi connectivity index (χ1) is 15.4. The molecule has 170 valence electrons. The highest BCUT2D eigenvalue weighted by Crippen LogP contribution is 2.63. The van der Waals surface area contributed by atoms with E-state index in [1.807, 2.05) is 13.8 Å². The first-order valence-electron chi connectivity index (χ1n) is 10.4. The number of aryl methyl sites for hydroxylation is 1. The van der Waals surface area contributed by atoms with Crippen LogP contribution in [0.5, 0.6) is 0 Å². The minimum absolute atomic E-state index is 0.138. The molecule has 2 amide bonds. The van der Waals surface area contributed by atoms with Gasteiger partial charge in [0.2, 0.25) is 11.8 Å². The van der Waals surface area contributed by atoms with Crippen LogP contribution in [0, 0.1) is 24.2 Å². The minimum Gasteiger partial charge on any atom is -0.277 e. The van der Waals surface area contributed by atoms with Crippen LogP contribution in [0.15, 0.2) is 31.0 Å². The minimum atomic E-state index is -4.59. The number of fused-ring (bicyclic) bond motifs is 2. The van der Waals surface area contributed by atoms with Crippen LogP contribution in [-0.2, 0) is 22.3 Å². The molecule has 2 atom stereocenters. The Hall–Kier alpha value is -3.07. The summed E-state index contributed by atoms with van der Waals surface area (Å²) in [5, 5.41) is 0. The van der Waals surface area contributed by atoms with Crippen molar-refractivity contribution in [3.8, 4) is 11.1 Å². The summed E-state index contributed by atoms with van der Waals surface area (Å²) in [5.74, 6) is -0.837. The van der Waals surface area contributed by atoms with Crippen LogP contribution in [0.1, 0.15) is 35.7 Å². The number of nitrogens with zero attached hydrogens (tertiary/aromatic N) is 3. The van der Waals surface area contributed by atoms with Gasteiger partial charge in [0.25, 0.3) is 0 Å². The standard InChI is InChI=1S/C24H20F3N3O2S/c1-5-13-11(2)29-17(24(25,26)27)9-15(13)14-6-7-28-16-8-12(33-20(14)16)10-30-21(31)18-19(22(30)32)23(18,3)4/h5-9,18-19H,1,10H2,2-4H3. The number of piperidine rings is 1. The molecule has 33 heavy (non-hydrogen) atoms. The van der Waals surface area contributed by atoms with Crippen LogP contribution < -0.4 is 0 Å². The number of imide groups is 1. The average Bonchev–Trinajstić information content (AvgIpc) is 2.99. The second-order valence-electron chi connectivity index (χ2n) is 9.08. The molecule has 0 spiro atoms. The maximum absolute atomic E-state index is 13.4. The van der Waals surface area contributed by atoms with Crippen LogP contribution >= 0.6 is 11.3 Å². The van der Waals surface area contributed by atoms with E-state index in [0.717, 1.165) is 10.9 Å². The maximum Gasteiger partial charge on any atom is 0.433 e. The molecule has 4 heterocycles. The van der Waals surface area contributed by atoms with Crippen molar-refractivity contribution in [1.82, 2.24) is 14.9 Å². The van der Waals surface area contributed by atoms with Gasteiger partial charge in [-0.15, -0.1) is 11.3 Å². The molecule has 3 aromatic rings. The summed E-state index contributed by atoms with van der Waals surface area (Å²) in [6.45, 7) is 9.25. The molecule has 2 unspecified atom stereocenters. The molecule has 2 fully saturated rings. The third kappa shape index (κ3) is 3.20. The van der Waals surface area contributed by atoms with Gasteiger partial charge in [-0.05, 0) is 36.1 Å². The van der Waals surface area contributed by atoms with E-state index in [-0.39, 0.29) is 41.3 Å². The maximum atomic E-state index is 13.4. The average molecular weight is 472 g/mol. The van der Waals surface area contributed by atoms with Gasteiger partial charge in [0.15, 0.2) is 0 Å². The van der Waals surface area contributed by atoms with Gasteiger partial charge in [-0.25, -0.2) is 4.98 Å². The summed E-state index contributed by atoms with van der Waals surface area (Å²) in [6.07, 6.45) is -1.56. The van der Waals surface area contributed by atoms with Gasteiger partial charge in [0.1, 0.15) is 5.69 Å². The van der Waals surface area contributed by atoms with E-state index in [0.29, 0.717) is 26.9 Å². The van der Waals surface area contributed by atoms with Crippen molar-refractivity contribution in [2.45, 2.75) is 33.5 Å². The van der Waals surface area contributed by atoms with E-state index in [9.17, 15) is 22.8 Å². The summed E-state index contributed by atoms with van der Waals surface area (Å²) in [6, 6.07) is 4.47. The first-order valence-corrected chi connectivity index (χ1v) is 11.2. The monoisotopic (exact) mass is 471 g/mol. The Balaban J connectivity index is 1.56. The largest absolute Gasteiger partial charge is 0.433 e. The number of likely N-dealkylation sites (tertiary alicyclic amines) is 1. The van der Waals surface area contributed by atoms with Crippen LogP contribution in [0.25, 0.3) is 27.4 Å². The molecule has 1 saturated heterocycles. The van der Waals surface area contributed by atoms with Crippen LogP contribution in [0.4, 0.5) is 13.2 Å². The molecular weight excluding hydrogens is 451 g/mol. The molecule has 2 aliphatic rings. The molecule has 0 radical (unpaired) electrons. The number of halogens is 3. The molecule has 1 saturated carbocycles. The van der Waals surface area contributed by atoms with Gasteiger partial charge in [0, 0.05) is 27.9 Å². The highest BCUT2D eigenvalue weighted by Gasteiger charge is 2.72. The van der Waals surface area contributed by atoms with Crippen molar-refractivity contribution in [2.75, 3.05) is 0 Å². The third-order valence-electron chi connectivity index (χ3n) is 6.70. The number of hydrogen-bond donors (Lipinski definition) is 0. The lowest BCUT2D eigenvalue weighted by Crippen LogP contribution is -2.35. The third-order valence-corrected chi connectivity index (χ3v) is 7.84. The number of hydrogen-bond acceptors (Lipinski definition) is 5. The predicted octanol–water partition coefficient (Wildman–Crippen LogP) is 5.47. The molecule has 0 bridgehead atoms. The Kier molecular flexibility index (Phi) is 4.59. The Bertz CT molecular complexity index is 1330. The summed E-state index contributed by atoms with van der Waals surface area (Å²) in [4.78, 5) is 35.5. The number of pyridine rings is 2. The number of aromatic nitrogens is 2. The molecule has 1 aliphatic carbocycles. The van der Waals surface area contributed by atoms with Gasteiger partial charge < -0.3 is 0 Å². The van der Waals surface area contributed by atoms with Crippen LogP contribution in [-0.4, -0.2) is 26.7 Å². The number of alkyl halides is 3. The van der Waals surface area contributed by atoms with Crippen molar-refractivity contribution < 1.29 is 22.8 Å². The number of amides is 2.